The Bertz CT molecular complexity index is 28.4. The van der Waals surface area contributed by atoms with Gasteiger partial charge in [-0.25, -0.2) is 0 Å². The van der Waals surface area contributed by atoms with Crippen molar-refractivity contribution >= 4 is 11.6 Å². The maximum atomic E-state index is 5.74. The van der Waals surface area contributed by atoms with Gasteiger partial charge in [-0.05, 0) is 0 Å². The molecule has 1 heteroatoms. The molecule has 0 N–H and O–H groups in total. The monoisotopic (exact) mass is 77.0 g/mol. The molecule has 0 rings (SSSR count). The smallest absolute Gasteiger partial charge is 0.124 e. The van der Waals surface area contributed by atoms with Crippen molar-refractivity contribution in [2.45, 2.75) is 0 Å². The van der Waals surface area contributed by atoms with Crippen molar-refractivity contribution in [3.8, 4) is 12.8 Å². The fraction of sp³-hybridized carbons (Fsp3) is 0.333. The van der Waals surface area contributed by atoms with E-state index < -0.39 is 0 Å². The Morgan fingerprint density at radius 3 is 2.00 bits per heavy atom. The molecule has 0 heterocycles. The van der Waals surface area contributed by atoms with Crippen LogP contribution >= 0.6 is 11.6 Å². The predicted molar refractivity (Wildman–Crippen MR) is 21.7 cm³/mol. The van der Waals surface area contributed by atoms with E-state index in [-0.39, 0.29) is 0 Å². The first-order valence-corrected chi connectivity index (χ1v) is 1.42. The van der Waals surface area contributed by atoms with Gasteiger partial charge in [0.1, 0.15) is 1.37 Å². The molecule has 0 aliphatic rings. The Hall–Kier alpha value is -0.150. The standard InChI is InChI=1S/C2H2.CH3Cl/c2*1-2/h1-2H;1H3/i1D;. The van der Waals surface area contributed by atoms with Gasteiger partial charge in [-0.1, -0.05) is 0 Å². The van der Waals surface area contributed by atoms with Crippen LogP contribution in [0.2, 0.25) is 0 Å². The normalized spacial score (nSPS) is 3.75. The van der Waals surface area contributed by atoms with Gasteiger partial charge in [0.25, 0.3) is 0 Å². The van der Waals surface area contributed by atoms with E-state index in [1.807, 2.05) is 0 Å². The summed E-state index contributed by atoms with van der Waals surface area (Å²) in [7, 11) is 0. The van der Waals surface area contributed by atoms with Crippen molar-refractivity contribution in [2.24, 2.45) is 0 Å². The number of hydrogen-bond donors (Lipinski definition) is 0. The number of alkyl halides is 1. The van der Waals surface area contributed by atoms with E-state index in [2.05, 4.69) is 18.0 Å². The van der Waals surface area contributed by atoms with Gasteiger partial charge >= 0.3 is 0 Å². The summed E-state index contributed by atoms with van der Waals surface area (Å²) in [6, 6.07) is 0. The average Bonchev–Trinajstić information content (AvgIpc) is 1.46. The molecule has 0 saturated heterocycles. The Balaban J connectivity index is 0. The summed E-state index contributed by atoms with van der Waals surface area (Å²) >= 11 is 4.64. The lowest BCUT2D eigenvalue weighted by atomic mass is 11.4. The van der Waals surface area contributed by atoms with Crippen LogP contribution in [0.25, 0.3) is 0 Å². The predicted octanol–water partition coefficient (Wildman–Crippen LogP) is 1.10. The number of terminal acetylenes is 1. The first kappa shape index (κ1) is 3.85. The highest BCUT2D eigenvalue weighted by Gasteiger charge is 0.943. The molecule has 0 aliphatic heterocycles. The molecular weight excluding hydrogens is 71.5 g/mol. The van der Waals surface area contributed by atoms with E-state index >= 15 is 0 Å². The zero-order valence-corrected chi connectivity index (χ0v) is 3.21. The summed E-state index contributed by atoms with van der Waals surface area (Å²) in [5.74, 6) is 0. The largest absolute Gasteiger partial charge is 0.130 e. The molecule has 4 heavy (non-hydrogen) atoms. The molecule has 0 amide bonds. The fourth-order valence-corrected chi connectivity index (χ4v) is 0. The Morgan fingerprint density at radius 2 is 2.00 bits per heavy atom. The van der Waals surface area contributed by atoms with E-state index in [1.54, 1.807) is 0 Å². The Kier molecular flexibility index (Phi) is 417. The first-order valence-electron chi connectivity index (χ1n) is 1.17. The zero-order valence-electron chi connectivity index (χ0n) is 3.46. The average molecular weight is 77.5 g/mol. The van der Waals surface area contributed by atoms with Gasteiger partial charge in [0.15, 0.2) is 0 Å². The molecule has 0 bridgehead atoms. The third-order valence-electron chi connectivity index (χ3n) is 0. The van der Waals surface area contributed by atoms with E-state index in [0.29, 0.717) is 0 Å². The lowest BCUT2D eigenvalue weighted by molar-refractivity contribution is 2.46. The fourth-order valence-electron chi connectivity index (χ4n) is 0. The number of halogens is 1. The topological polar surface area (TPSA) is 0 Å². The Morgan fingerprint density at radius 1 is 2.00 bits per heavy atom. The van der Waals surface area contributed by atoms with Gasteiger partial charge < -0.3 is 0 Å². The molecule has 0 aromatic carbocycles. The SMILES string of the molecule is CCl.[2H]C#C. The maximum Gasteiger partial charge on any atom is 0.124 e. The third-order valence-corrected chi connectivity index (χ3v) is 0. The van der Waals surface area contributed by atoms with Gasteiger partial charge in [0.2, 0.25) is 0 Å². The van der Waals surface area contributed by atoms with Crippen LogP contribution in [0.5, 0.6) is 0 Å². The molecule has 0 aromatic rings. The minimum atomic E-state index is 1.47. The molecule has 0 saturated carbocycles. The number of rotatable bonds is 0. The van der Waals surface area contributed by atoms with Gasteiger partial charge in [0.05, 0.1) is 0 Å². The second kappa shape index (κ2) is 434. The van der Waals surface area contributed by atoms with Crippen molar-refractivity contribution < 1.29 is 1.37 Å². The van der Waals surface area contributed by atoms with Crippen LogP contribution in [0.4, 0.5) is 0 Å². The van der Waals surface area contributed by atoms with Crippen LogP contribution in [-0.2, 0) is 0 Å². The van der Waals surface area contributed by atoms with Gasteiger partial charge in [0, 0.05) is 6.38 Å². The minimum absolute atomic E-state index is 1.47. The van der Waals surface area contributed by atoms with E-state index in [1.165, 1.54) is 12.8 Å². The molecule has 0 aliphatic carbocycles. The molecule has 0 nitrogen and oxygen atoms in total. The van der Waals surface area contributed by atoms with Crippen LogP contribution in [-0.4, -0.2) is 6.38 Å². The summed E-state index contributed by atoms with van der Waals surface area (Å²) < 4.78 is 5.74. The zero-order chi connectivity index (χ0) is 4.71. The molecule has 0 unspecified atom stereocenters. The van der Waals surface area contributed by atoms with Crippen molar-refractivity contribution in [1.29, 1.82) is 0 Å². The molecular formula is C3H5Cl. The summed E-state index contributed by atoms with van der Waals surface area (Å²) in [6.45, 7) is 0. The molecule has 0 radical (unpaired) electrons. The summed E-state index contributed by atoms with van der Waals surface area (Å²) in [6.07, 6.45) is 7.24. The molecule has 0 atom stereocenters. The van der Waals surface area contributed by atoms with Crippen LogP contribution in [0.1, 0.15) is 1.37 Å². The van der Waals surface area contributed by atoms with Crippen molar-refractivity contribution in [2.75, 3.05) is 6.38 Å². The van der Waals surface area contributed by atoms with E-state index in [0.717, 1.165) is 0 Å². The lowest BCUT2D eigenvalue weighted by Crippen LogP contribution is -0.852. The lowest BCUT2D eigenvalue weighted by Gasteiger charge is -1.06. The quantitative estimate of drug-likeness (QED) is 0.300. The third kappa shape index (κ3) is 59.4. The van der Waals surface area contributed by atoms with E-state index in [9.17, 15) is 0 Å². The van der Waals surface area contributed by atoms with Crippen LogP contribution in [0.15, 0.2) is 0 Å². The molecule has 24 valence electrons. The summed E-state index contributed by atoms with van der Waals surface area (Å²) in [5.41, 5.74) is 0. The van der Waals surface area contributed by atoms with E-state index in [4.69, 9.17) is 1.37 Å². The molecule has 0 aromatic heterocycles. The van der Waals surface area contributed by atoms with Crippen LogP contribution < -0.4 is 0 Å². The summed E-state index contributed by atoms with van der Waals surface area (Å²) in [4.78, 5) is 0. The van der Waals surface area contributed by atoms with Crippen molar-refractivity contribution in [1.82, 2.24) is 0 Å². The van der Waals surface area contributed by atoms with Crippen LogP contribution in [0, 0.1) is 12.8 Å². The van der Waals surface area contributed by atoms with Gasteiger partial charge in [-0.3, -0.25) is 0 Å². The van der Waals surface area contributed by atoms with Gasteiger partial charge in [-0.15, -0.1) is 24.4 Å². The number of hydrogen-bond acceptors (Lipinski definition) is 0. The molecule has 0 spiro atoms. The highest BCUT2D eigenvalue weighted by Crippen LogP contribution is 1.34. The molecule has 0 fully saturated rings. The highest BCUT2D eigenvalue weighted by atomic mass is 35.5. The van der Waals surface area contributed by atoms with Crippen LogP contribution in [0.3, 0.4) is 0 Å². The maximum absolute atomic E-state index is 5.74. The first-order chi connectivity index (χ1) is 2.41. The van der Waals surface area contributed by atoms with Crippen molar-refractivity contribution in [3.63, 3.8) is 0 Å². The van der Waals surface area contributed by atoms with Crippen molar-refractivity contribution in [3.05, 3.63) is 0 Å². The Labute approximate surface area is 33.2 Å². The highest BCUT2D eigenvalue weighted by molar-refractivity contribution is 6.15. The van der Waals surface area contributed by atoms with Gasteiger partial charge in [-0.2, -0.15) is 0 Å². The second-order valence-corrected chi connectivity index (χ2v) is 0. The second-order valence-electron chi connectivity index (χ2n) is 0. The minimum Gasteiger partial charge on any atom is -0.130 e. The summed E-state index contributed by atoms with van der Waals surface area (Å²) in [5, 5.41) is 0.